The molecule has 2 heterocycles. The average molecular weight is 542 g/mol. The van der Waals surface area contributed by atoms with Gasteiger partial charge in [-0.15, -0.1) is 5.10 Å². The minimum atomic E-state index is -3.08. The Morgan fingerprint density at radius 3 is 2.72 bits per heavy atom. The number of hydrogen-bond acceptors (Lipinski definition) is 6. The summed E-state index contributed by atoms with van der Waals surface area (Å²) in [6.45, 7) is 5.12. The van der Waals surface area contributed by atoms with E-state index in [1.807, 2.05) is 6.08 Å². The van der Waals surface area contributed by atoms with Gasteiger partial charge in [-0.05, 0) is 36.3 Å². The van der Waals surface area contributed by atoms with E-state index in [9.17, 15) is 18.7 Å². The molecule has 1 aromatic carbocycles. The number of carbonyl (C=O) groups is 1. The zero-order chi connectivity index (χ0) is 26.6. The van der Waals surface area contributed by atoms with Crippen LogP contribution >= 0.6 is 23.2 Å². The number of rotatable bonds is 7. The van der Waals surface area contributed by atoms with Crippen LogP contribution in [0.5, 0.6) is 0 Å². The van der Waals surface area contributed by atoms with Crippen LogP contribution < -0.4 is 5.32 Å². The highest BCUT2D eigenvalue weighted by Gasteiger charge is 2.29. The van der Waals surface area contributed by atoms with Crippen LogP contribution in [0.15, 0.2) is 63.2 Å². The predicted molar refractivity (Wildman–Crippen MR) is 138 cm³/mol. The van der Waals surface area contributed by atoms with Crippen molar-refractivity contribution in [2.75, 3.05) is 39.1 Å². The molecule has 2 aliphatic heterocycles. The predicted octanol–water partition coefficient (Wildman–Crippen LogP) is 4.96. The number of allylic oxidation sites excluding steroid dienone is 1. The second kappa shape index (κ2) is 11.4. The Bertz CT molecular complexity index is 1160. The van der Waals surface area contributed by atoms with Gasteiger partial charge in [0.05, 0.1) is 15.8 Å². The summed E-state index contributed by atoms with van der Waals surface area (Å²) < 4.78 is 32.6. The minimum absolute atomic E-state index is 0.124. The quantitative estimate of drug-likeness (QED) is 0.377. The Kier molecular flexibility index (Phi) is 8.76. The first kappa shape index (κ1) is 27.6. The van der Waals surface area contributed by atoms with Crippen molar-refractivity contribution in [2.45, 2.75) is 25.5 Å². The van der Waals surface area contributed by atoms with E-state index in [-0.39, 0.29) is 29.1 Å². The standard InChI is InChI=1S/C24H27Cl2F2N5O3/c1-14(22-32(4)31-20(13-34)36-22)11-19(26)21(29-3)15-7-9-33(10-8-15)23(35)30-16-5-6-17(18(25)12-16)24(2,27)28/h5-7,11-12,22,34H,1,8-10,13H2,2-4H3,(H,30,35)/b19-11+,29-21?. The SMILES string of the molecule is C=C(/C=C(/Cl)C(=NC)C1=CCN(C(=O)Nc2ccc(C(C)(F)F)c(Cl)c2)CC1)C1OC(CO)=NN1C. The highest BCUT2D eigenvalue weighted by atomic mass is 35.5. The molecule has 0 bridgehead atoms. The molecular weight excluding hydrogens is 515 g/mol. The molecule has 36 heavy (non-hydrogen) atoms. The number of halogens is 4. The molecule has 0 saturated heterocycles. The van der Waals surface area contributed by atoms with Crippen LogP contribution in [0.2, 0.25) is 5.02 Å². The highest BCUT2D eigenvalue weighted by molar-refractivity contribution is 6.46. The number of hydrogen-bond donors (Lipinski definition) is 2. The number of ether oxygens (including phenoxy) is 1. The maximum atomic E-state index is 13.5. The van der Waals surface area contributed by atoms with Gasteiger partial charge in [-0.1, -0.05) is 35.9 Å². The number of urea groups is 1. The van der Waals surface area contributed by atoms with Gasteiger partial charge in [-0.3, -0.25) is 10.0 Å². The van der Waals surface area contributed by atoms with Gasteiger partial charge in [0, 0.05) is 50.9 Å². The molecule has 1 aromatic rings. The summed E-state index contributed by atoms with van der Waals surface area (Å²) in [5, 5.41) is 17.7. The number of nitrogens with zero attached hydrogens (tertiary/aromatic N) is 4. The lowest BCUT2D eigenvalue weighted by Crippen LogP contribution is -2.38. The Morgan fingerprint density at radius 1 is 1.47 bits per heavy atom. The van der Waals surface area contributed by atoms with Gasteiger partial charge in [0.25, 0.3) is 5.92 Å². The molecule has 1 atom stereocenters. The monoisotopic (exact) mass is 541 g/mol. The van der Waals surface area contributed by atoms with Crippen LogP contribution in [0, 0.1) is 0 Å². The van der Waals surface area contributed by atoms with Crippen molar-refractivity contribution < 1.29 is 23.4 Å². The number of alkyl halides is 2. The van der Waals surface area contributed by atoms with E-state index in [0.29, 0.717) is 41.5 Å². The summed E-state index contributed by atoms with van der Waals surface area (Å²) in [7, 11) is 3.31. The lowest BCUT2D eigenvalue weighted by Gasteiger charge is -2.27. The van der Waals surface area contributed by atoms with E-state index in [0.717, 1.165) is 12.5 Å². The van der Waals surface area contributed by atoms with E-state index >= 15 is 0 Å². The second-order valence-electron chi connectivity index (χ2n) is 8.27. The van der Waals surface area contributed by atoms with Gasteiger partial charge in [0.15, 0.2) is 0 Å². The average Bonchev–Trinajstić information content (AvgIpc) is 3.20. The van der Waals surface area contributed by atoms with Crippen molar-refractivity contribution >= 4 is 46.5 Å². The summed E-state index contributed by atoms with van der Waals surface area (Å²) in [5.41, 5.74) is 1.96. The van der Waals surface area contributed by atoms with Crippen molar-refractivity contribution in [2.24, 2.45) is 10.1 Å². The van der Waals surface area contributed by atoms with Crippen molar-refractivity contribution in [3.8, 4) is 0 Å². The number of benzene rings is 1. The normalized spacial score (nSPS) is 19.1. The van der Waals surface area contributed by atoms with Crippen molar-refractivity contribution in [1.29, 1.82) is 0 Å². The topological polar surface area (TPSA) is 89.8 Å². The molecule has 0 fully saturated rings. The van der Waals surface area contributed by atoms with Gasteiger partial charge >= 0.3 is 6.03 Å². The third-order valence-corrected chi connectivity index (χ3v) is 6.17. The zero-order valence-corrected chi connectivity index (χ0v) is 21.6. The number of aliphatic hydroxyl groups excluding tert-OH is 1. The molecule has 2 aliphatic rings. The van der Waals surface area contributed by atoms with Crippen LogP contribution in [0.1, 0.15) is 18.9 Å². The molecule has 12 heteroatoms. The number of aliphatic imine (C=N–C) groups is 1. The highest BCUT2D eigenvalue weighted by Crippen LogP contribution is 2.34. The summed E-state index contributed by atoms with van der Waals surface area (Å²) >= 11 is 12.5. The van der Waals surface area contributed by atoms with E-state index in [4.69, 9.17) is 27.9 Å². The third kappa shape index (κ3) is 6.43. The first-order valence-electron chi connectivity index (χ1n) is 11.0. The molecule has 8 nitrogen and oxygen atoms in total. The fraction of sp³-hybridized carbons (Fsp3) is 0.375. The Morgan fingerprint density at radius 2 is 2.19 bits per heavy atom. The first-order valence-corrected chi connectivity index (χ1v) is 11.7. The maximum Gasteiger partial charge on any atom is 0.322 e. The van der Waals surface area contributed by atoms with Crippen LogP contribution in [0.4, 0.5) is 19.3 Å². The van der Waals surface area contributed by atoms with Crippen LogP contribution in [0.3, 0.4) is 0 Å². The zero-order valence-electron chi connectivity index (χ0n) is 20.1. The molecule has 0 aromatic heterocycles. The fourth-order valence-electron chi connectivity index (χ4n) is 3.77. The lowest BCUT2D eigenvalue weighted by atomic mass is 10.0. The van der Waals surface area contributed by atoms with Gasteiger partial charge in [-0.2, -0.15) is 0 Å². The number of aliphatic hydroxyl groups is 1. The lowest BCUT2D eigenvalue weighted by molar-refractivity contribution is 0.0176. The van der Waals surface area contributed by atoms with Crippen LogP contribution in [-0.2, 0) is 10.7 Å². The number of anilines is 1. The van der Waals surface area contributed by atoms with Crippen molar-refractivity contribution in [3.05, 3.63) is 63.7 Å². The maximum absolute atomic E-state index is 13.5. The van der Waals surface area contributed by atoms with Gasteiger partial charge < -0.3 is 20.1 Å². The number of likely N-dealkylation sites (N-methyl/N-ethyl adjacent to an activating group) is 1. The molecule has 0 aliphatic carbocycles. The molecular formula is C24H27Cl2F2N5O3. The molecule has 0 saturated carbocycles. The molecule has 194 valence electrons. The molecule has 1 unspecified atom stereocenters. The number of amides is 2. The van der Waals surface area contributed by atoms with Crippen molar-refractivity contribution in [3.63, 3.8) is 0 Å². The summed E-state index contributed by atoms with van der Waals surface area (Å²) in [6, 6.07) is 3.50. The smallest absolute Gasteiger partial charge is 0.322 e. The number of carbonyl (C=O) groups excluding carboxylic acids is 1. The Labute approximate surface area is 218 Å². The first-order chi connectivity index (χ1) is 16.9. The van der Waals surface area contributed by atoms with Crippen LogP contribution in [-0.4, -0.2) is 72.7 Å². The van der Waals surface area contributed by atoms with E-state index < -0.39 is 12.2 Å². The third-order valence-electron chi connectivity index (χ3n) is 5.56. The van der Waals surface area contributed by atoms with Gasteiger partial charge in [-0.25, -0.2) is 13.6 Å². The fourth-order valence-corrected chi connectivity index (χ4v) is 4.46. The Hall–Kier alpha value is -2.95. The van der Waals surface area contributed by atoms with Crippen LogP contribution in [0.25, 0.3) is 0 Å². The second-order valence-corrected chi connectivity index (χ2v) is 9.09. The van der Waals surface area contributed by atoms with E-state index in [1.54, 1.807) is 25.1 Å². The minimum Gasteiger partial charge on any atom is -0.448 e. The van der Waals surface area contributed by atoms with E-state index in [2.05, 4.69) is 22.0 Å². The summed E-state index contributed by atoms with van der Waals surface area (Å²) in [5.74, 6) is -2.89. The van der Waals surface area contributed by atoms with E-state index in [1.165, 1.54) is 23.2 Å². The molecule has 3 rings (SSSR count). The Balaban J connectivity index is 1.63. The number of nitrogens with one attached hydrogen (secondary N) is 1. The molecule has 0 radical (unpaired) electrons. The molecule has 2 amide bonds. The largest absolute Gasteiger partial charge is 0.448 e. The summed E-state index contributed by atoms with van der Waals surface area (Å²) in [6.07, 6.45) is 3.39. The van der Waals surface area contributed by atoms with Gasteiger partial charge in [0.1, 0.15) is 6.61 Å². The molecule has 0 spiro atoms. The van der Waals surface area contributed by atoms with Crippen molar-refractivity contribution in [1.82, 2.24) is 9.91 Å². The summed E-state index contributed by atoms with van der Waals surface area (Å²) in [4.78, 5) is 18.6. The van der Waals surface area contributed by atoms with Gasteiger partial charge in [0.2, 0.25) is 12.1 Å². The molecule has 2 N–H and O–H groups in total. The number of hydrazone groups is 1.